The van der Waals surface area contributed by atoms with Crippen LogP contribution in [0.15, 0.2) is 146 Å². The van der Waals surface area contributed by atoms with Gasteiger partial charge in [0.15, 0.2) is 0 Å². The van der Waals surface area contributed by atoms with Crippen LogP contribution < -0.4 is 9.13 Å². The molecule has 0 saturated heterocycles. The van der Waals surface area contributed by atoms with Crippen molar-refractivity contribution in [1.29, 1.82) is 0 Å². The first-order valence-electron chi connectivity index (χ1n) is 12.2. The Morgan fingerprint density at radius 1 is 0.487 bits per heavy atom. The summed E-state index contributed by atoms with van der Waals surface area (Å²) in [4.78, 5) is 4.22. The van der Waals surface area contributed by atoms with E-state index < -0.39 is 0 Å². The standard InChI is InChI=1S/2C12H10N.C11H8N.Ir/c2*1-13-10-6-5-9-12(13)11-7-3-2-4-8-11;1-2-6-10(7-3-1)11-8-4-5-9-12-11;/h2*2-7,9-10H,1H2;1-6,8-9H;/q3*-1;. The monoisotopic (exact) mass is 683 g/mol. The van der Waals surface area contributed by atoms with Gasteiger partial charge in [0, 0.05) is 40.4 Å². The van der Waals surface area contributed by atoms with Crippen LogP contribution in [-0.4, -0.2) is 4.98 Å². The van der Waals surface area contributed by atoms with E-state index >= 15 is 0 Å². The molecular formula is C35H28IrN3-3. The smallest absolute Gasteiger partial charge is 0.115 e. The van der Waals surface area contributed by atoms with Crippen molar-refractivity contribution in [2.24, 2.45) is 0 Å². The van der Waals surface area contributed by atoms with Gasteiger partial charge in [0.05, 0.1) is 12.4 Å². The summed E-state index contributed by atoms with van der Waals surface area (Å²) in [6.07, 6.45) is 5.64. The first-order valence-corrected chi connectivity index (χ1v) is 12.2. The number of rotatable bonds is 3. The Bertz CT molecular complexity index is 1390. The van der Waals surface area contributed by atoms with E-state index in [0.717, 1.165) is 33.8 Å². The maximum Gasteiger partial charge on any atom is 0.115 e. The van der Waals surface area contributed by atoms with Crippen LogP contribution >= 0.6 is 0 Å². The molecule has 4 heteroatoms. The van der Waals surface area contributed by atoms with Gasteiger partial charge in [-0.1, -0.05) is 47.5 Å². The zero-order chi connectivity index (χ0) is 26.4. The van der Waals surface area contributed by atoms with E-state index in [-0.39, 0.29) is 20.1 Å². The van der Waals surface area contributed by atoms with Crippen LogP contribution in [0.1, 0.15) is 0 Å². The summed E-state index contributed by atoms with van der Waals surface area (Å²) in [6, 6.07) is 50.9. The molecule has 1 radical (unpaired) electrons. The topological polar surface area (TPSA) is 20.6 Å². The second kappa shape index (κ2) is 15.7. The fourth-order valence-electron chi connectivity index (χ4n) is 3.62. The molecule has 0 aliphatic rings. The van der Waals surface area contributed by atoms with Crippen LogP contribution in [0.5, 0.6) is 0 Å². The molecule has 0 amide bonds. The summed E-state index contributed by atoms with van der Waals surface area (Å²) in [5, 5.41) is 0. The molecule has 6 rings (SSSR count). The van der Waals surface area contributed by atoms with Gasteiger partial charge < -0.3 is 14.1 Å². The van der Waals surface area contributed by atoms with Crippen LogP contribution in [0.25, 0.3) is 33.8 Å². The van der Waals surface area contributed by atoms with Gasteiger partial charge in [-0.15, -0.1) is 96.6 Å². The van der Waals surface area contributed by atoms with E-state index in [4.69, 9.17) is 0 Å². The van der Waals surface area contributed by atoms with Crippen molar-refractivity contribution in [2.45, 2.75) is 0 Å². The quantitative estimate of drug-likeness (QED) is 0.150. The second-order valence-electron chi connectivity index (χ2n) is 8.16. The molecule has 3 nitrogen and oxygen atoms in total. The van der Waals surface area contributed by atoms with Gasteiger partial charge in [0.1, 0.15) is 11.4 Å². The summed E-state index contributed by atoms with van der Waals surface area (Å²) in [6.45, 7) is 0. The Kier molecular flexibility index (Phi) is 11.7. The third-order valence-corrected chi connectivity index (χ3v) is 5.50. The predicted octanol–water partition coefficient (Wildman–Crippen LogP) is 6.71. The minimum absolute atomic E-state index is 0. The normalized spacial score (nSPS) is 9.54. The van der Waals surface area contributed by atoms with Gasteiger partial charge in [0.2, 0.25) is 0 Å². The summed E-state index contributed by atoms with van der Waals surface area (Å²) in [7, 11) is 7.79. The van der Waals surface area contributed by atoms with Gasteiger partial charge in [-0.3, -0.25) is 0 Å². The predicted molar refractivity (Wildman–Crippen MR) is 152 cm³/mol. The molecule has 0 bridgehead atoms. The van der Waals surface area contributed by atoms with Crippen LogP contribution in [0.3, 0.4) is 0 Å². The fraction of sp³-hybridized carbons (Fsp3) is 0. The van der Waals surface area contributed by atoms with Crippen molar-refractivity contribution in [3.63, 3.8) is 0 Å². The van der Waals surface area contributed by atoms with Crippen LogP contribution in [0.2, 0.25) is 0 Å². The molecule has 195 valence electrons. The van der Waals surface area contributed by atoms with E-state index in [0.29, 0.717) is 0 Å². The maximum atomic E-state index is 4.22. The molecule has 6 aromatic rings. The van der Waals surface area contributed by atoms with Crippen molar-refractivity contribution in [3.05, 3.63) is 178 Å². The fourth-order valence-corrected chi connectivity index (χ4v) is 3.62. The maximum absolute atomic E-state index is 4.22. The van der Waals surface area contributed by atoms with Gasteiger partial charge in [-0.05, 0) is 23.9 Å². The zero-order valence-corrected chi connectivity index (χ0v) is 23.8. The third-order valence-electron chi connectivity index (χ3n) is 5.50. The number of hydrogen-bond acceptors (Lipinski definition) is 1. The second-order valence-corrected chi connectivity index (χ2v) is 8.16. The molecule has 0 fully saturated rings. The summed E-state index contributed by atoms with van der Waals surface area (Å²) >= 11 is 0. The Labute approximate surface area is 245 Å². The molecule has 3 heterocycles. The number of pyridine rings is 3. The molecule has 0 aliphatic heterocycles. The van der Waals surface area contributed by atoms with Crippen LogP contribution in [-0.2, 0) is 20.1 Å². The Balaban J connectivity index is 0.000000160. The van der Waals surface area contributed by atoms with Gasteiger partial charge in [-0.2, -0.15) is 0 Å². The average molecular weight is 683 g/mol. The SMILES string of the molecule is [CH2-][n+]1ccccc1-c1[c-]cccc1.[CH2-][n+]1ccccc1-c1[c-]cccc1.[Ir].[c-]1ccccc1-c1ccccn1. The minimum Gasteiger partial charge on any atom is -0.321 e. The molecule has 0 atom stereocenters. The van der Waals surface area contributed by atoms with E-state index in [2.05, 4.69) is 37.3 Å². The molecule has 0 spiro atoms. The van der Waals surface area contributed by atoms with E-state index in [1.54, 1.807) is 6.20 Å². The Morgan fingerprint density at radius 3 is 1.31 bits per heavy atom. The van der Waals surface area contributed by atoms with Crippen molar-refractivity contribution in [3.8, 4) is 33.8 Å². The molecule has 0 aliphatic carbocycles. The largest absolute Gasteiger partial charge is 0.321 e. The van der Waals surface area contributed by atoms with Crippen LogP contribution in [0, 0.1) is 32.3 Å². The summed E-state index contributed by atoms with van der Waals surface area (Å²) in [5.74, 6) is 0. The van der Waals surface area contributed by atoms with E-state index in [1.165, 1.54) is 0 Å². The number of aromatic nitrogens is 3. The van der Waals surface area contributed by atoms with Gasteiger partial charge in [0.25, 0.3) is 0 Å². The summed E-state index contributed by atoms with van der Waals surface area (Å²) < 4.78 is 3.68. The Morgan fingerprint density at radius 2 is 0.923 bits per heavy atom. The van der Waals surface area contributed by atoms with E-state index in [1.807, 2.05) is 149 Å². The first kappa shape index (κ1) is 29.1. The Hall–Kier alpha value is -4.50. The zero-order valence-electron chi connectivity index (χ0n) is 21.4. The van der Waals surface area contributed by atoms with E-state index in [9.17, 15) is 0 Å². The summed E-state index contributed by atoms with van der Waals surface area (Å²) in [5.41, 5.74) is 6.29. The first-order chi connectivity index (χ1) is 18.7. The number of benzene rings is 3. The number of nitrogens with zero attached hydrogens (tertiary/aromatic N) is 3. The van der Waals surface area contributed by atoms with Gasteiger partial charge >= 0.3 is 0 Å². The van der Waals surface area contributed by atoms with Crippen molar-refractivity contribution < 1.29 is 29.2 Å². The molecule has 0 unspecified atom stereocenters. The third kappa shape index (κ3) is 8.79. The molecule has 0 N–H and O–H groups in total. The average Bonchev–Trinajstić information content (AvgIpc) is 3.00. The van der Waals surface area contributed by atoms with Crippen LogP contribution in [0.4, 0.5) is 0 Å². The molecule has 3 aromatic heterocycles. The van der Waals surface area contributed by atoms with Crippen molar-refractivity contribution >= 4 is 0 Å². The molecule has 3 aromatic carbocycles. The molecule has 39 heavy (non-hydrogen) atoms. The van der Waals surface area contributed by atoms with Gasteiger partial charge in [-0.25, -0.2) is 0 Å². The van der Waals surface area contributed by atoms with Crippen molar-refractivity contribution in [2.75, 3.05) is 0 Å². The molecule has 0 saturated carbocycles. The minimum atomic E-state index is 0. The molecular weight excluding hydrogens is 655 g/mol. The van der Waals surface area contributed by atoms with Crippen molar-refractivity contribution in [1.82, 2.24) is 4.98 Å². The number of hydrogen-bond donors (Lipinski definition) is 0.